The third-order valence-electron chi connectivity index (χ3n) is 3.68. The lowest BCUT2D eigenvalue weighted by Crippen LogP contribution is -1.90. The molecule has 0 bridgehead atoms. The molecule has 0 aliphatic heterocycles. The van der Waals surface area contributed by atoms with E-state index in [-0.39, 0.29) is 0 Å². The Labute approximate surface area is 113 Å². The van der Waals surface area contributed by atoms with E-state index < -0.39 is 0 Å². The summed E-state index contributed by atoms with van der Waals surface area (Å²) in [5, 5.41) is 3.82. The topological polar surface area (TPSA) is 4.93 Å². The highest BCUT2D eigenvalue weighted by molar-refractivity contribution is 6.02. The van der Waals surface area contributed by atoms with Crippen LogP contribution < -0.4 is 0 Å². The molecule has 3 rings (SSSR count). The van der Waals surface area contributed by atoms with Crippen LogP contribution in [0.25, 0.3) is 33.8 Å². The highest BCUT2D eigenvalue weighted by atomic mass is 14.9. The van der Waals surface area contributed by atoms with E-state index in [9.17, 15) is 0 Å². The van der Waals surface area contributed by atoms with Crippen molar-refractivity contribution in [3.8, 4) is 0 Å². The van der Waals surface area contributed by atoms with Gasteiger partial charge < -0.3 is 4.57 Å². The fourth-order valence-corrected chi connectivity index (χ4v) is 2.74. The number of benzene rings is 2. The maximum atomic E-state index is 3.97. The lowest BCUT2D eigenvalue weighted by Gasteiger charge is -2.01. The maximum Gasteiger partial charge on any atom is 0.0495 e. The SMILES string of the molecule is C=Cc1c(/C=C\C)n(C)c2cc3ccccc3cc12. The van der Waals surface area contributed by atoms with E-state index in [2.05, 4.69) is 66.7 Å². The Kier molecular flexibility index (Phi) is 2.75. The second-order valence-electron chi connectivity index (χ2n) is 4.78. The Morgan fingerprint density at radius 1 is 1.11 bits per heavy atom. The van der Waals surface area contributed by atoms with E-state index >= 15 is 0 Å². The molecule has 0 unspecified atom stereocenters. The van der Waals surface area contributed by atoms with Crippen molar-refractivity contribution in [2.45, 2.75) is 6.92 Å². The van der Waals surface area contributed by atoms with Gasteiger partial charge >= 0.3 is 0 Å². The second kappa shape index (κ2) is 4.43. The van der Waals surface area contributed by atoms with Crippen molar-refractivity contribution in [3.63, 3.8) is 0 Å². The molecule has 1 heteroatoms. The number of rotatable bonds is 2. The lowest BCUT2D eigenvalue weighted by molar-refractivity contribution is 0.953. The molecule has 1 heterocycles. The number of aromatic nitrogens is 1. The summed E-state index contributed by atoms with van der Waals surface area (Å²) < 4.78 is 2.23. The van der Waals surface area contributed by atoms with Crippen LogP contribution in [0.15, 0.2) is 49.1 Å². The normalized spacial score (nSPS) is 11.7. The van der Waals surface area contributed by atoms with Crippen molar-refractivity contribution in [2.75, 3.05) is 0 Å². The molecule has 1 nitrogen and oxygen atoms in total. The standard InChI is InChI=1S/C18H17N/c1-4-8-17-15(5-2)16-11-13-9-6-7-10-14(13)12-18(16)19(17)3/h4-12H,2H2,1,3H3/b8-4-. The van der Waals surface area contributed by atoms with Gasteiger partial charge in [-0.25, -0.2) is 0 Å². The first kappa shape index (κ1) is 11.8. The van der Waals surface area contributed by atoms with E-state index in [1.165, 1.54) is 32.9 Å². The van der Waals surface area contributed by atoms with Gasteiger partial charge in [-0.3, -0.25) is 0 Å². The molecule has 2 aromatic carbocycles. The van der Waals surface area contributed by atoms with Gasteiger partial charge in [0.2, 0.25) is 0 Å². The third-order valence-corrected chi connectivity index (χ3v) is 3.68. The van der Waals surface area contributed by atoms with Gasteiger partial charge in [0.25, 0.3) is 0 Å². The molecule has 0 fully saturated rings. The first-order valence-corrected chi connectivity index (χ1v) is 6.52. The van der Waals surface area contributed by atoms with Crippen LogP contribution >= 0.6 is 0 Å². The summed E-state index contributed by atoms with van der Waals surface area (Å²) in [5.74, 6) is 0. The predicted octanol–water partition coefficient (Wildman–Crippen LogP) is 5.01. The Bertz CT molecular complexity index is 803. The number of hydrogen-bond donors (Lipinski definition) is 0. The highest BCUT2D eigenvalue weighted by Crippen LogP contribution is 2.31. The zero-order valence-corrected chi connectivity index (χ0v) is 11.4. The van der Waals surface area contributed by atoms with Crippen molar-refractivity contribution in [2.24, 2.45) is 7.05 Å². The molecule has 0 N–H and O–H groups in total. The second-order valence-corrected chi connectivity index (χ2v) is 4.78. The van der Waals surface area contributed by atoms with Crippen LogP contribution in [0.1, 0.15) is 18.2 Å². The van der Waals surface area contributed by atoms with Crippen molar-refractivity contribution in [1.29, 1.82) is 0 Å². The third kappa shape index (κ3) is 1.70. The summed E-state index contributed by atoms with van der Waals surface area (Å²) in [6.07, 6.45) is 6.16. The van der Waals surface area contributed by atoms with E-state index in [1.54, 1.807) is 0 Å². The molecule has 0 saturated carbocycles. The summed E-state index contributed by atoms with van der Waals surface area (Å²) in [7, 11) is 2.11. The summed E-state index contributed by atoms with van der Waals surface area (Å²) in [5.41, 5.74) is 3.67. The molecule has 0 saturated heterocycles. The van der Waals surface area contributed by atoms with Gasteiger partial charge in [0.05, 0.1) is 0 Å². The quantitative estimate of drug-likeness (QED) is 0.600. The number of aryl methyl sites for hydroxylation is 1. The van der Waals surface area contributed by atoms with Crippen LogP contribution in [0.3, 0.4) is 0 Å². The zero-order chi connectivity index (χ0) is 13.4. The summed E-state index contributed by atoms with van der Waals surface area (Å²) in [4.78, 5) is 0. The Morgan fingerprint density at radius 2 is 1.79 bits per heavy atom. The maximum absolute atomic E-state index is 3.97. The van der Waals surface area contributed by atoms with Crippen LogP contribution in [0, 0.1) is 0 Å². The van der Waals surface area contributed by atoms with Crippen molar-refractivity contribution < 1.29 is 0 Å². The summed E-state index contributed by atoms with van der Waals surface area (Å²) in [6, 6.07) is 13.0. The van der Waals surface area contributed by atoms with Crippen LogP contribution in [0.2, 0.25) is 0 Å². The summed E-state index contributed by atoms with van der Waals surface area (Å²) >= 11 is 0. The molecule has 19 heavy (non-hydrogen) atoms. The van der Waals surface area contributed by atoms with Crippen molar-refractivity contribution in [3.05, 3.63) is 60.3 Å². The fourth-order valence-electron chi connectivity index (χ4n) is 2.74. The minimum atomic E-state index is 1.21. The van der Waals surface area contributed by atoms with E-state index in [1.807, 2.05) is 13.0 Å². The molecule has 0 spiro atoms. The molecule has 1 aromatic heterocycles. The molecule has 0 radical (unpaired) electrons. The average molecular weight is 247 g/mol. The van der Waals surface area contributed by atoms with Crippen molar-refractivity contribution >= 4 is 33.8 Å². The summed E-state index contributed by atoms with van der Waals surface area (Å²) in [6.45, 7) is 6.01. The Morgan fingerprint density at radius 3 is 2.42 bits per heavy atom. The minimum absolute atomic E-state index is 1.21. The molecule has 0 atom stereocenters. The molecule has 0 amide bonds. The largest absolute Gasteiger partial charge is 0.344 e. The average Bonchev–Trinajstić information content (AvgIpc) is 2.69. The van der Waals surface area contributed by atoms with Crippen LogP contribution in [0.5, 0.6) is 0 Å². The van der Waals surface area contributed by atoms with Gasteiger partial charge in [0.15, 0.2) is 0 Å². The van der Waals surface area contributed by atoms with E-state index in [0.717, 1.165) is 0 Å². The van der Waals surface area contributed by atoms with Gasteiger partial charge in [-0.1, -0.05) is 43.0 Å². The molecule has 94 valence electrons. The van der Waals surface area contributed by atoms with Gasteiger partial charge in [-0.05, 0) is 35.9 Å². The lowest BCUT2D eigenvalue weighted by atomic mass is 10.0. The first-order chi connectivity index (χ1) is 9.26. The molecule has 3 aromatic rings. The van der Waals surface area contributed by atoms with E-state index in [4.69, 9.17) is 0 Å². The van der Waals surface area contributed by atoms with E-state index in [0.29, 0.717) is 0 Å². The molecular weight excluding hydrogens is 230 g/mol. The molecule has 0 aliphatic carbocycles. The number of fused-ring (bicyclic) bond motifs is 2. The molecular formula is C18H17N. The van der Waals surface area contributed by atoms with Gasteiger partial charge in [0.1, 0.15) is 0 Å². The van der Waals surface area contributed by atoms with Gasteiger partial charge in [-0.2, -0.15) is 0 Å². The van der Waals surface area contributed by atoms with Crippen LogP contribution in [-0.4, -0.2) is 4.57 Å². The monoisotopic (exact) mass is 247 g/mol. The van der Waals surface area contributed by atoms with Crippen molar-refractivity contribution in [1.82, 2.24) is 4.57 Å². The number of hydrogen-bond acceptors (Lipinski definition) is 0. The highest BCUT2D eigenvalue weighted by Gasteiger charge is 2.11. The minimum Gasteiger partial charge on any atom is -0.344 e. The Hall–Kier alpha value is -2.28. The predicted molar refractivity (Wildman–Crippen MR) is 85.2 cm³/mol. The number of nitrogens with zero attached hydrogens (tertiary/aromatic N) is 1. The fraction of sp³-hybridized carbons (Fsp3) is 0.111. The smallest absolute Gasteiger partial charge is 0.0495 e. The zero-order valence-electron chi connectivity index (χ0n) is 11.4. The Balaban J connectivity index is 2.50. The first-order valence-electron chi connectivity index (χ1n) is 6.52. The number of allylic oxidation sites excluding steroid dienone is 1. The molecule has 0 aliphatic rings. The van der Waals surface area contributed by atoms with Crippen LogP contribution in [0.4, 0.5) is 0 Å². The van der Waals surface area contributed by atoms with Gasteiger partial charge in [-0.15, -0.1) is 0 Å². The van der Waals surface area contributed by atoms with Crippen LogP contribution in [-0.2, 0) is 7.05 Å². The van der Waals surface area contributed by atoms with Gasteiger partial charge in [0, 0.05) is 29.2 Å².